The van der Waals surface area contributed by atoms with Crippen LogP contribution < -0.4 is 10.2 Å². The second-order valence-corrected chi connectivity index (χ2v) is 2.96. The van der Waals surface area contributed by atoms with Gasteiger partial charge in [0.15, 0.2) is 0 Å². The molecule has 0 aliphatic rings. The number of nitrogens with zero attached hydrogens (tertiary/aromatic N) is 1. The van der Waals surface area contributed by atoms with Gasteiger partial charge in [0.2, 0.25) is 0 Å². The van der Waals surface area contributed by atoms with Crippen molar-refractivity contribution in [1.82, 2.24) is 5.32 Å². The fraction of sp³-hybridized carbons (Fsp3) is 0.200. The Morgan fingerprint density at radius 1 is 1.60 bits per heavy atom. The monoisotopic (exact) mass is 208 g/mol. The molecule has 0 aromatic heterocycles. The van der Waals surface area contributed by atoms with Crippen LogP contribution in [0.25, 0.3) is 0 Å². The number of amidine groups is 1. The average molecular weight is 208 g/mol. The van der Waals surface area contributed by atoms with Gasteiger partial charge >= 0.3 is 0 Å². The fourth-order valence-electron chi connectivity index (χ4n) is 1.19. The van der Waals surface area contributed by atoms with Gasteiger partial charge in [0.25, 0.3) is 0 Å². The molecular formula is C10H13FN4. The third-order valence-corrected chi connectivity index (χ3v) is 1.85. The smallest absolute Gasteiger partial charge is 0.125 e. The molecule has 0 amide bonds. The predicted molar refractivity (Wildman–Crippen MR) is 59.3 cm³/mol. The van der Waals surface area contributed by atoms with Crippen LogP contribution in [0.15, 0.2) is 24.3 Å². The Hall–Kier alpha value is -1.75. The van der Waals surface area contributed by atoms with Crippen LogP contribution in [0, 0.1) is 16.6 Å². The topological polar surface area (TPSA) is 63.0 Å². The van der Waals surface area contributed by atoms with Gasteiger partial charge in [0, 0.05) is 0 Å². The van der Waals surface area contributed by atoms with Crippen LogP contribution in [0.3, 0.4) is 0 Å². The molecule has 0 fully saturated rings. The normalized spacial score (nSPS) is 9.73. The van der Waals surface area contributed by atoms with Gasteiger partial charge in [-0.05, 0) is 25.2 Å². The lowest BCUT2D eigenvalue weighted by atomic mass is 10.3. The highest BCUT2D eigenvalue weighted by Gasteiger charge is 2.09. The maximum absolute atomic E-state index is 12.9. The maximum Gasteiger partial charge on any atom is 0.125 e. The number of nitrogens with one attached hydrogen (secondary N) is 3. The summed E-state index contributed by atoms with van der Waals surface area (Å²) in [5.74, 6) is -0.185. The summed E-state index contributed by atoms with van der Waals surface area (Å²) in [4.78, 5) is 1.31. The van der Waals surface area contributed by atoms with E-state index in [1.807, 2.05) is 0 Å². The fourth-order valence-corrected chi connectivity index (χ4v) is 1.19. The lowest BCUT2D eigenvalue weighted by molar-refractivity contribution is 0.628. The largest absolute Gasteiger partial charge is 0.313 e. The minimum Gasteiger partial charge on any atom is -0.313 e. The van der Waals surface area contributed by atoms with E-state index in [4.69, 9.17) is 10.8 Å². The first-order valence-electron chi connectivity index (χ1n) is 4.46. The number of rotatable bonds is 4. The number of benzene rings is 1. The highest BCUT2D eigenvalue weighted by Crippen LogP contribution is 2.14. The van der Waals surface area contributed by atoms with E-state index in [0.717, 1.165) is 6.34 Å². The molecule has 0 heterocycles. The molecule has 4 nitrogen and oxygen atoms in total. The van der Waals surface area contributed by atoms with Crippen molar-refractivity contribution in [1.29, 1.82) is 10.8 Å². The average Bonchev–Trinajstić information content (AvgIpc) is 2.19. The highest BCUT2D eigenvalue weighted by atomic mass is 19.1. The van der Waals surface area contributed by atoms with E-state index < -0.39 is 0 Å². The van der Waals surface area contributed by atoms with Gasteiger partial charge in [0.05, 0.1) is 18.6 Å². The van der Waals surface area contributed by atoms with Gasteiger partial charge in [-0.3, -0.25) is 15.7 Å². The van der Waals surface area contributed by atoms with Crippen molar-refractivity contribution in [2.24, 2.45) is 0 Å². The summed E-state index contributed by atoms with van der Waals surface area (Å²) in [5.41, 5.74) is 0.477. The summed E-state index contributed by atoms with van der Waals surface area (Å²) in [5, 5.41) is 17.6. The van der Waals surface area contributed by atoms with Crippen LogP contribution in [0.5, 0.6) is 0 Å². The molecule has 3 N–H and O–H groups in total. The van der Waals surface area contributed by atoms with Crippen LogP contribution in [-0.2, 0) is 0 Å². The van der Waals surface area contributed by atoms with E-state index in [2.05, 4.69) is 5.32 Å². The molecule has 0 radical (unpaired) electrons. The Bertz CT molecular complexity index is 364. The van der Waals surface area contributed by atoms with Crippen LogP contribution in [0.1, 0.15) is 0 Å². The summed E-state index contributed by atoms with van der Waals surface area (Å²) < 4.78 is 12.9. The molecule has 0 saturated heterocycles. The molecule has 1 aromatic carbocycles. The molecule has 0 aliphatic carbocycles. The zero-order valence-corrected chi connectivity index (χ0v) is 8.42. The molecule has 1 aromatic rings. The van der Waals surface area contributed by atoms with Gasteiger partial charge in [-0.1, -0.05) is 6.07 Å². The van der Waals surface area contributed by atoms with E-state index in [1.54, 1.807) is 19.2 Å². The molecule has 0 unspecified atom stereocenters. The molecule has 0 saturated carbocycles. The SMILES string of the molecule is CNCC(=N)N(C=N)c1cccc(F)c1. The lowest BCUT2D eigenvalue weighted by Crippen LogP contribution is -2.35. The summed E-state index contributed by atoms with van der Waals surface area (Å²) in [6, 6.07) is 5.81. The highest BCUT2D eigenvalue weighted by molar-refractivity contribution is 6.09. The zero-order valence-electron chi connectivity index (χ0n) is 8.42. The quantitative estimate of drug-likeness (QED) is 0.518. The van der Waals surface area contributed by atoms with Crippen molar-refractivity contribution in [2.75, 3.05) is 18.5 Å². The molecule has 0 bridgehead atoms. The first kappa shape index (κ1) is 11.3. The second kappa shape index (κ2) is 5.21. The first-order chi connectivity index (χ1) is 7.19. The van der Waals surface area contributed by atoms with Crippen molar-refractivity contribution in [3.63, 3.8) is 0 Å². The third-order valence-electron chi connectivity index (χ3n) is 1.85. The minimum atomic E-state index is -0.378. The molecule has 15 heavy (non-hydrogen) atoms. The molecule has 0 spiro atoms. The van der Waals surface area contributed by atoms with Crippen LogP contribution in [0.2, 0.25) is 0 Å². The molecule has 1 rings (SSSR count). The van der Waals surface area contributed by atoms with Gasteiger partial charge in [-0.15, -0.1) is 0 Å². The van der Waals surface area contributed by atoms with Gasteiger partial charge in [0.1, 0.15) is 11.7 Å². The maximum atomic E-state index is 12.9. The van der Waals surface area contributed by atoms with Crippen LogP contribution in [-0.4, -0.2) is 25.8 Å². The summed E-state index contributed by atoms with van der Waals surface area (Å²) in [7, 11) is 1.71. The molecule has 0 atom stereocenters. The Labute approximate surface area is 87.7 Å². The van der Waals surface area contributed by atoms with Gasteiger partial charge in [-0.2, -0.15) is 0 Å². The Balaban J connectivity index is 2.92. The Morgan fingerprint density at radius 2 is 2.33 bits per heavy atom. The van der Waals surface area contributed by atoms with Crippen molar-refractivity contribution in [3.8, 4) is 0 Å². The Morgan fingerprint density at radius 3 is 2.87 bits per heavy atom. The molecule has 5 heteroatoms. The molecular weight excluding hydrogens is 195 g/mol. The van der Waals surface area contributed by atoms with Gasteiger partial charge in [-0.25, -0.2) is 4.39 Å². The summed E-state index contributed by atoms with van der Waals surface area (Å²) in [6.45, 7) is 0.325. The number of hydrogen-bond acceptors (Lipinski definition) is 3. The predicted octanol–water partition coefficient (Wildman–Crippen LogP) is 1.44. The van der Waals surface area contributed by atoms with E-state index in [0.29, 0.717) is 12.2 Å². The van der Waals surface area contributed by atoms with E-state index in [9.17, 15) is 4.39 Å². The summed E-state index contributed by atoms with van der Waals surface area (Å²) in [6.07, 6.45) is 0.994. The van der Waals surface area contributed by atoms with Crippen LogP contribution >= 0.6 is 0 Å². The molecule has 80 valence electrons. The lowest BCUT2D eigenvalue weighted by Gasteiger charge is -2.19. The van der Waals surface area contributed by atoms with Crippen molar-refractivity contribution >= 4 is 17.9 Å². The second-order valence-electron chi connectivity index (χ2n) is 2.96. The van der Waals surface area contributed by atoms with Crippen molar-refractivity contribution in [3.05, 3.63) is 30.1 Å². The number of halogens is 1. The van der Waals surface area contributed by atoms with E-state index in [-0.39, 0.29) is 11.7 Å². The van der Waals surface area contributed by atoms with Crippen molar-refractivity contribution in [2.45, 2.75) is 0 Å². The van der Waals surface area contributed by atoms with Crippen molar-refractivity contribution < 1.29 is 4.39 Å². The third kappa shape index (κ3) is 2.85. The standard InChI is InChI=1S/C10H13FN4/c1-14-6-10(13)15(7-12)9-4-2-3-8(11)5-9/h2-5,7,12-14H,6H2,1H3. The number of likely N-dealkylation sites (N-methyl/N-ethyl adjacent to an activating group) is 1. The minimum absolute atomic E-state index is 0.193. The van der Waals surface area contributed by atoms with Gasteiger partial charge < -0.3 is 5.32 Å². The zero-order chi connectivity index (χ0) is 11.3. The van der Waals surface area contributed by atoms with Crippen LogP contribution in [0.4, 0.5) is 10.1 Å². The first-order valence-corrected chi connectivity index (χ1v) is 4.46. The summed E-state index contributed by atoms with van der Waals surface area (Å²) >= 11 is 0. The Kier molecular flexibility index (Phi) is 3.93. The van der Waals surface area contributed by atoms with E-state index in [1.165, 1.54) is 17.0 Å². The van der Waals surface area contributed by atoms with E-state index >= 15 is 0 Å². The number of hydrogen-bond donors (Lipinski definition) is 3. The number of anilines is 1. The molecule has 0 aliphatic heterocycles.